The molecule has 0 fully saturated rings. The van der Waals surface area contributed by atoms with Gasteiger partial charge < -0.3 is 9.84 Å². The molecule has 0 aliphatic carbocycles. The number of aliphatic imine (C=N–C) groups is 2. The van der Waals surface area contributed by atoms with Crippen molar-refractivity contribution in [1.82, 2.24) is 0 Å². The summed E-state index contributed by atoms with van der Waals surface area (Å²) in [4.78, 5) is 19.5. The van der Waals surface area contributed by atoms with Crippen LogP contribution in [0.25, 0.3) is 0 Å². The minimum absolute atomic E-state index is 0.0796. The van der Waals surface area contributed by atoms with Crippen LogP contribution in [0.4, 0.5) is 11.4 Å². The molecule has 1 aliphatic rings. The summed E-state index contributed by atoms with van der Waals surface area (Å²) < 4.78 is 5.81. The lowest BCUT2D eigenvalue weighted by Gasteiger charge is -2.05. The summed E-state index contributed by atoms with van der Waals surface area (Å²) >= 11 is 0. The van der Waals surface area contributed by atoms with Gasteiger partial charge in [0, 0.05) is 23.9 Å². The standard InChI is InChI=1S/C22H17N3O4/c26-21-11-10-17(25(27)28)12-16(21)13-23-19-9-5-4-8-18(19)22-24-20(14-29-22)15-6-2-1-3-7-15/h1-13,20,26H,14H2/t20-/m1/s1. The number of phenols is 1. The maximum absolute atomic E-state index is 11.0. The van der Waals surface area contributed by atoms with Crippen LogP contribution in [0.5, 0.6) is 5.75 Å². The molecule has 7 nitrogen and oxygen atoms in total. The first-order valence-electron chi connectivity index (χ1n) is 8.98. The Balaban J connectivity index is 1.64. The van der Waals surface area contributed by atoms with Crippen LogP contribution in [0.2, 0.25) is 0 Å². The van der Waals surface area contributed by atoms with Gasteiger partial charge in [-0.2, -0.15) is 0 Å². The number of para-hydroxylation sites is 1. The van der Waals surface area contributed by atoms with Gasteiger partial charge in [0.05, 0.1) is 16.2 Å². The van der Waals surface area contributed by atoms with Crippen LogP contribution in [0.1, 0.15) is 22.7 Å². The van der Waals surface area contributed by atoms with Gasteiger partial charge in [-0.1, -0.05) is 42.5 Å². The average molecular weight is 387 g/mol. The van der Waals surface area contributed by atoms with Gasteiger partial charge >= 0.3 is 0 Å². The largest absolute Gasteiger partial charge is 0.507 e. The second kappa shape index (κ2) is 7.93. The summed E-state index contributed by atoms with van der Waals surface area (Å²) in [6.07, 6.45) is 1.39. The van der Waals surface area contributed by atoms with Crippen LogP contribution < -0.4 is 0 Å². The molecule has 0 spiro atoms. The Morgan fingerprint density at radius 2 is 1.86 bits per heavy atom. The highest BCUT2D eigenvalue weighted by atomic mass is 16.6. The van der Waals surface area contributed by atoms with Crippen molar-refractivity contribution in [2.24, 2.45) is 9.98 Å². The predicted molar refractivity (Wildman–Crippen MR) is 110 cm³/mol. The van der Waals surface area contributed by atoms with E-state index in [1.807, 2.05) is 48.5 Å². The molecule has 144 valence electrons. The van der Waals surface area contributed by atoms with Crippen LogP contribution in [-0.4, -0.2) is 28.7 Å². The molecule has 4 rings (SSSR count). The lowest BCUT2D eigenvalue weighted by Crippen LogP contribution is -2.01. The van der Waals surface area contributed by atoms with Crippen molar-refractivity contribution in [3.8, 4) is 5.75 Å². The van der Waals surface area contributed by atoms with E-state index in [4.69, 9.17) is 4.74 Å². The van der Waals surface area contributed by atoms with Crippen molar-refractivity contribution in [2.75, 3.05) is 6.61 Å². The van der Waals surface area contributed by atoms with E-state index in [0.29, 0.717) is 23.8 Å². The highest BCUT2D eigenvalue weighted by Crippen LogP contribution is 2.29. The van der Waals surface area contributed by atoms with Crippen LogP contribution in [0, 0.1) is 10.1 Å². The van der Waals surface area contributed by atoms with Crippen molar-refractivity contribution >= 4 is 23.5 Å². The Kier molecular flexibility index (Phi) is 5.03. The van der Waals surface area contributed by atoms with Crippen molar-refractivity contribution in [3.63, 3.8) is 0 Å². The number of phenolic OH excluding ortho intramolecular Hbond substituents is 1. The van der Waals surface area contributed by atoms with E-state index in [-0.39, 0.29) is 23.0 Å². The molecule has 0 saturated heterocycles. The zero-order chi connectivity index (χ0) is 20.2. The minimum Gasteiger partial charge on any atom is -0.507 e. The third-order valence-corrected chi connectivity index (χ3v) is 4.53. The molecule has 1 N–H and O–H groups in total. The Hall–Kier alpha value is -4.00. The Labute approximate surface area is 166 Å². The summed E-state index contributed by atoms with van der Waals surface area (Å²) in [5.74, 6) is 0.408. The van der Waals surface area contributed by atoms with Crippen molar-refractivity contribution in [3.05, 3.63) is 99.6 Å². The summed E-state index contributed by atoms with van der Waals surface area (Å²) in [7, 11) is 0. The number of aromatic hydroxyl groups is 1. The molecule has 0 aromatic heterocycles. The highest BCUT2D eigenvalue weighted by Gasteiger charge is 2.23. The first-order chi connectivity index (χ1) is 14.1. The summed E-state index contributed by atoms with van der Waals surface area (Å²) in [6, 6.07) is 21.0. The molecular weight excluding hydrogens is 370 g/mol. The van der Waals surface area contributed by atoms with Gasteiger partial charge in [-0.3, -0.25) is 15.1 Å². The number of hydrogen-bond acceptors (Lipinski definition) is 6. The molecule has 29 heavy (non-hydrogen) atoms. The normalized spacial score (nSPS) is 15.9. The monoisotopic (exact) mass is 387 g/mol. The van der Waals surface area contributed by atoms with Gasteiger partial charge in [0.15, 0.2) is 0 Å². The number of nitrogens with zero attached hydrogens (tertiary/aromatic N) is 3. The topological polar surface area (TPSA) is 97.3 Å². The maximum Gasteiger partial charge on any atom is 0.270 e. The number of benzene rings is 3. The van der Waals surface area contributed by atoms with Gasteiger partial charge in [-0.25, -0.2) is 4.99 Å². The Bertz CT molecular complexity index is 1110. The molecule has 3 aromatic carbocycles. The maximum atomic E-state index is 11.0. The fourth-order valence-electron chi connectivity index (χ4n) is 3.03. The first kappa shape index (κ1) is 18.4. The zero-order valence-corrected chi connectivity index (χ0v) is 15.3. The van der Waals surface area contributed by atoms with E-state index < -0.39 is 4.92 Å². The first-order valence-corrected chi connectivity index (χ1v) is 8.98. The van der Waals surface area contributed by atoms with Crippen LogP contribution in [0.3, 0.4) is 0 Å². The number of rotatable bonds is 5. The van der Waals surface area contributed by atoms with Gasteiger partial charge in [-0.15, -0.1) is 0 Å². The smallest absolute Gasteiger partial charge is 0.270 e. The molecule has 0 amide bonds. The summed E-state index contributed by atoms with van der Waals surface area (Å²) in [5, 5.41) is 20.9. The minimum atomic E-state index is -0.518. The van der Waals surface area contributed by atoms with E-state index in [1.165, 1.54) is 24.4 Å². The second-order valence-electron chi connectivity index (χ2n) is 6.45. The number of non-ortho nitro benzene ring substituents is 1. The van der Waals surface area contributed by atoms with Crippen LogP contribution in [0.15, 0.2) is 82.8 Å². The fraction of sp³-hybridized carbons (Fsp3) is 0.0909. The predicted octanol–water partition coefficient (Wildman–Crippen LogP) is 4.57. The molecular formula is C22H17N3O4. The van der Waals surface area contributed by atoms with E-state index in [1.54, 1.807) is 6.07 Å². The molecule has 0 unspecified atom stereocenters. The second-order valence-corrected chi connectivity index (χ2v) is 6.45. The molecule has 0 radical (unpaired) electrons. The third kappa shape index (κ3) is 3.98. The Morgan fingerprint density at radius 1 is 1.10 bits per heavy atom. The molecule has 1 heterocycles. The third-order valence-electron chi connectivity index (χ3n) is 4.53. The number of hydrogen-bond donors (Lipinski definition) is 1. The molecule has 0 saturated carbocycles. The van der Waals surface area contributed by atoms with Crippen molar-refractivity contribution in [1.29, 1.82) is 0 Å². The number of nitro groups is 1. The van der Waals surface area contributed by atoms with E-state index >= 15 is 0 Å². The lowest BCUT2D eigenvalue weighted by molar-refractivity contribution is -0.384. The zero-order valence-electron chi connectivity index (χ0n) is 15.3. The average Bonchev–Trinajstić information content (AvgIpc) is 3.24. The molecule has 1 atom stereocenters. The van der Waals surface area contributed by atoms with E-state index in [9.17, 15) is 15.2 Å². The molecule has 7 heteroatoms. The summed E-state index contributed by atoms with van der Waals surface area (Å²) in [6.45, 7) is 0.447. The molecule has 0 bridgehead atoms. The Morgan fingerprint density at radius 3 is 2.66 bits per heavy atom. The van der Waals surface area contributed by atoms with Crippen LogP contribution >= 0.6 is 0 Å². The SMILES string of the molecule is O=[N+]([O-])c1ccc(O)c(C=Nc2ccccc2C2=N[C@@H](c3ccccc3)CO2)c1. The number of nitro benzene ring substituents is 1. The molecule has 3 aromatic rings. The molecule has 1 aliphatic heterocycles. The quantitative estimate of drug-likeness (QED) is 0.394. The van der Waals surface area contributed by atoms with Gasteiger partial charge in [0.1, 0.15) is 18.4 Å². The van der Waals surface area contributed by atoms with Gasteiger partial charge in [-0.05, 0) is 23.8 Å². The lowest BCUT2D eigenvalue weighted by atomic mass is 10.1. The van der Waals surface area contributed by atoms with E-state index in [0.717, 1.165) is 5.56 Å². The van der Waals surface area contributed by atoms with Crippen molar-refractivity contribution < 1.29 is 14.8 Å². The van der Waals surface area contributed by atoms with Crippen molar-refractivity contribution in [2.45, 2.75) is 6.04 Å². The fourth-order valence-corrected chi connectivity index (χ4v) is 3.03. The van der Waals surface area contributed by atoms with E-state index in [2.05, 4.69) is 9.98 Å². The number of ether oxygens (including phenoxy) is 1. The van der Waals surface area contributed by atoms with Gasteiger partial charge in [0.25, 0.3) is 5.69 Å². The summed E-state index contributed by atoms with van der Waals surface area (Å²) in [5.41, 5.74) is 2.51. The van der Waals surface area contributed by atoms with Gasteiger partial charge in [0.2, 0.25) is 5.90 Å². The highest BCUT2D eigenvalue weighted by molar-refractivity contribution is 6.01. The van der Waals surface area contributed by atoms with Crippen LogP contribution in [-0.2, 0) is 4.74 Å².